The first-order chi connectivity index (χ1) is 13.9. The van der Waals surface area contributed by atoms with E-state index < -0.39 is 17.5 Å². The van der Waals surface area contributed by atoms with E-state index in [0.717, 1.165) is 31.4 Å². The molecule has 1 saturated carbocycles. The van der Waals surface area contributed by atoms with Crippen LogP contribution in [0.2, 0.25) is 0 Å². The average Bonchev–Trinajstić information content (AvgIpc) is 3.18. The summed E-state index contributed by atoms with van der Waals surface area (Å²) in [6.07, 6.45) is 2.72. The molecule has 0 radical (unpaired) electrons. The van der Waals surface area contributed by atoms with Crippen molar-refractivity contribution >= 4 is 28.9 Å². The van der Waals surface area contributed by atoms with Crippen LogP contribution in [-0.4, -0.2) is 24.9 Å². The molecule has 2 unspecified atom stereocenters. The van der Waals surface area contributed by atoms with Crippen molar-refractivity contribution < 1.29 is 18.4 Å². The predicted octanol–water partition coefficient (Wildman–Crippen LogP) is 4.41. The van der Waals surface area contributed by atoms with Gasteiger partial charge < -0.3 is 15.5 Å². The molecule has 2 aromatic rings. The summed E-state index contributed by atoms with van der Waals surface area (Å²) in [5.41, 5.74) is 0.962. The van der Waals surface area contributed by atoms with Crippen LogP contribution in [0.25, 0.3) is 0 Å². The quantitative estimate of drug-likeness (QED) is 0.783. The molecule has 2 N–H and O–H groups in total. The van der Waals surface area contributed by atoms with Gasteiger partial charge in [-0.3, -0.25) is 9.59 Å². The van der Waals surface area contributed by atoms with Gasteiger partial charge in [0.15, 0.2) is 11.6 Å². The Morgan fingerprint density at radius 3 is 2.10 bits per heavy atom. The van der Waals surface area contributed by atoms with Crippen molar-refractivity contribution in [2.45, 2.75) is 26.2 Å². The fraction of sp³-hybridized carbons (Fsp3) is 0.364. The Labute approximate surface area is 168 Å². The average molecular weight is 399 g/mol. The first-order valence-electron chi connectivity index (χ1n) is 9.88. The second-order valence-electron chi connectivity index (χ2n) is 7.82. The highest BCUT2D eigenvalue weighted by molar-refractivity contribution is 6.04. The second kappa shape index (κ2) is 7.81. The minimum Gasteiger partial charge on any atom is -0.367 e. The summed E-state index contributed by atoms with van der Waals surface area (Å²) in [7, 11) is 0. The molecule has 7 heteroatoms. The molecule has 1 aliphatic heterocycles. The topological polar surface area (TPSA) is 61.4 Å². The fourth-order valence-corrected chi connectivity index (χ4v) is 3.71. The third-order valence-electron chi connectivity index (χ3n) is 5.56. The molecule has 2 fully saturated rings. The van der Waals surface area contributed by atoms with Crippen molar-refractivity contribution in [3.8, 4) is 0 Å². The van der Waals surface area contributed by atoms with Gasteiger partial charge in [-0.15, -0.1) is 0 Å². The fourth-order valence-electron chi connectivity index (χ4n) is 3.71. The largest absolute Gasteiger partial charge is 0.367 e. The summed E-state index contributed by atoms with van der Waals surface area (Å²) >= 11 is 0. The van der Waals surface area contributed by atoms with Crippen molar-refractivity contribution in [3.05, 3.63) is 53.6 Å². The number of nitrogens with zero attached hydrogens (tertiary/aromatic N) is 1. The molecule has 152 valence electrons. The van der Waals surface area contributed by atoms with Crippen molar-refractivity contribution in [1.29, 1.82) is 0 Å². The van der Waals surface area contributed by atoms with E-state index in [0.29, 0.717) is 30.3 Å². The van der Waals surface area contributed by atoms with Gasteiger partial charge in [-0.1, -0.05) is 6.92 Å². The van der Waals surface area contributed by atoms with E-state index in [2.05, 4.69) is 10.6 Å². The van der Waals surface area contributed by atoms with Gasteiger partial charge in [0, 0.05) is 35.9 Å². The highest BCUT2D eigenvalue weighted by Gasteiger charge is 2.39. The number of benzene rings is 2. The van der Waals surface area contributed by atoms with Gasteiger partial charge in [-0.05, 0) is 61.6 Å². The number of anilines is 3. The summed E-state index contributed by atoms with van der Waals surface area (Å²) in [5.74, 6) is -1.39. The van der Waals surface area contributed by atoms with Crippen LogP contribution < -0.4 is 15.5 Å². The predicted molar refractivity (Wildman–Crippen MR) is 108 cm³/mol. The van der Waals surface area contributed by atoms with Crippen LogP contribution in [0, 0.1) is 23.5 Å². The standard InChI is InChI=1S/C22H23F2N3O2/c1-13-10-17(13)22(29)25-15-6-4-14(5-7-15)21(28)26-16-11-18(23)20(19(24)12-16)27-8-2-3-9-27/h4-7,11-13,17H,2-3,8-10H2,1H3,(H,25,29)(H,26,28). The van der Waals surface area contributed by atoms with Gasteiger partial charge in [0.2, 0.25) is 5.91 Å². The number of amides is 2. The Morgan fingerprint density at radius 1 is 0.966 bits per heavy atom. The van der Waals surface area contributed by atoms with Crippen LogP contribution in [0.3, 0.4) is 0 Å². The smallest absolute Gasteiger partial charge is 0.255 e. The molecule has 5 nitrogen and oxygen atoms in total. The maximum absolute atomic E-state index is 14.4. The second-order valence-corrected chi connectivity index (χ2v) is 7.82. The SMILES string of the molecule is CC1CC1C(=O)Nc1ccc(C(=O)Nc2cc(F)c(N3CCCC3)c(F)c2)cc1. The first-order valence-corrected chi connectivity index (χ1v) is 9.88. The van der Waals surface area contributed by atoms with Crippen LogP contribution in [-0.2, 0) is 4.79 Å². The Balaban J connectivity index is 1.41. The molecule has 1 aliphatic carbocycles. The van der Waals surface area contributed by atoms with Crippen molar-refractivity contribution in [3.63, 3.8) is 0 Å². The number of halogens is 2. The maximum atomic E-state index is 14.4. The van der Waals surface area contributed by atoms with E-state index in [4.69, 9.17) is 0 Å². The van der Waals surface area contributed by atoms with E-state index in [1.807, 2.05) is 6.92 Å². The lowest BCUT2D eigenvalue weighted by molar-refractivity contribution is -0.117. The molecule has 0 aromatic heterocycles. The van der Waals surface area contributed by atoms with Gasteiger partial charge >= 0.3 is 0 Å². The summed E-state index contributed by atoms with van der Waals surface area (Å²) in [6, 6.07) is 8.67. The Hall–Kier alpha value is -2.96. The lowest BCUT2D eigenvalue weighted by Crippen LogP contribution is -2.21. The molecule has 2 amide bonds. The minimum absolute atomic E-state index is 0.0151. The highest BCUT2D eigenvalue weighted by Crippen LogP contribution is 2.38. The number of hydrogen-bond acceptors (Lipinski definition) is 3. The van der Waals surface area contributed by atoms with Gasteiger partial charge in [-0.25, -0.2) is 8.78 Å². The van der Waals surface area contributed by atoms with E-state index >= 15 is 0 Å². The number of carbonyl (C=O) groups is 2. The normalized spacial score (nSPS) is 20.4. The third kappa shape index (κ3) is 4.23. The molecule has 2 aliphatic rings. The minimum atomic E-state index is -0.686. The number of nitrogens with one attached hydrogen (secondary N) is 2. The lowest BCUT2D eigenvalue weighted by atomic mass is 10.1. The Kier molecular flexibility index (Phi) is 5.22. The third-order valence-corrected chi connectivity index (χ3v) is 5.56. The van der Waals surface area contributed by atoms with Crippen LogP contribution >= 0.6 is 0 Å². The van der Waals surface area contributed by atoms with E-state index in [9.17, 15) is 18.4 Å². The summed E-state index contributed by atoms with van der Waals surface area (Å²) in [6.45, 7) is 3.28. The van der Waals surface area contributed by atoms with Crippen molar-refractivity contribution in [1.82, 2.24) is 0 Å². The van der Waals surface area contributed by atoms with Gasteiger partial charge in [-0.2, -0.15) is 0 Å². The monoisotopic (exact) mass is 399 g/mol. The summed E-state index contributed by atoms with van der Waals surface area (Å²) in [5, 5.41) is 5.35. The van der Waals surface area contributed by atoms with E-state index in [1.165, 1.54) is 0 Å². The van der Waals surface area contributed by atoms with Gasteiger partial charge in [0.05, 0.1) is 0 Å². The van der Waals surface area contributed by atoms with Gasteiger partial charge in [0.25, 0.3) is 5.91 Å². The number of hydrogen-bond donors (Lipinski definition) is 2. The molecule has 0 spiro atoms. The zero-order valence-corrected chi connectivity index (χ0v) is 16.2. The molecule has 1 heterocycles. The van der Waals surface area contributed by atoms with Crippen LogP contribution in [0.1, 0.15) is 36.5 Å². The Bertz CT molecular complexity index is 917. The number of rotatable bonds is 5. The van der Waals surface area contributed by atoms with Crippen molar-refractivity contribution in [2.75, 3.05) is 28.6 Å². The molecular weight excluding hydrogens is 376 g/mol. The van der Waals surface area contributed by atoms with Crippen LogP contribution in [0.15, 0.2) is 36.4 Å². The summed E-state index contributed by atoms with van der Waals surface area (Å²) in [4.78, 5) is 26.1. The van der Waals surface area contributed by atoms with E-state index in [1.54, 1.807) is 29.2 Å². The molecule has 4 rings (SSSR count). The first kappa shape index (κ1) is 19.4. The van der Waals surface area contributed by atoms with Crippen molar-refractivity contribution in [2.24, 2.45) is 11.8 Å². The van der Waals surface area contributed by atoms with E-state index in [-0.39, 0.29) is 23.2 Å². The van der Waals surface area contributed by atoms with Crippen LogP contribution in [0.5, 0.6) is 0 Å². The summed E-state index contributed by atoms with van der Waals surface area (Å²) < 4.78 is 28.8. The molecule has 29 heavy (non-hydrogen) atoms. The Morgan fingerprint density at radius 2 is 1.55 bits per heavy atom. The van der Waals surface area contributed by atoms with Crippen LogP contribution in [0.4, 0.5) is 25.8 Å². The molecular formula is C22H23F2N3O2. The molecule has 0 bridgehead atoms. The molecule has 2 atom stereocenters. The number of carbonyl (C=O) groups excluding carboxylic acids is 2. The van der Waals surface area contributed by atoms with Gasteiger partial charge in [0.1, 0.15) is 5.69 Å². The maximum Gasteiger partial charge on any atom is 0.255 e. The molecule has 2 aromatic carbocycles. The highest BCUT2D eigenvalue weighted by atomic mass is 19.1. The zero-order chi connectivity index (χ0) is 20.5. The lowest BCUT2D eigenvalue weighted by Gasteiger charge is -2.19. The zero-order valence-electron chi connectivity index (χ0n) is 16.2. The molecule has 1 saturated heterocycles.